The van der Waals surface area contributed by atoms with Crippen molar-refractivity contribution >= 4 is 15.9 Å². The molecule has 0 fully saturated rings. The summed E-state index contributed by atoms with van der Waals surface area (Å²) in [6, 6.07) is 3.28. The molecule has 1 rings (SSSR count). The highest BCUT2D eigenvalue weighted by atomic mass is 79.9. The Balaban J connectivity index is 3.19. The zero-order chi connectivity index (χ0) is 12.5. The lowest BCUT2D eigenvalue weighted by Gasteiger charge is -2.18. The van der Waals surface area contributed by atoms with E-state index in [1.807, 2.05) is 0 Å². The molecule has 1 unspecified atom stereocenters. The van der Waals surface area contributed by atoms with Gasteiger partial charge < -0.3 is 5.11 Å². The summed E-state index contributed by atoms with van der Waals surface area (Å²) in [6.07, 6.45) is -5.29. The third kappa shape index (κ3) is 2.98. The van der Waals surface area contributed by atoms with Crippen molar-refractivity contribution in [3.05, 3.63) is 33.8 Å². The molecule has 0 radical (unpaired) electrons. The molecule has 16 heavy (non-hydrogen) atoms. The summed E-state index contributed by atoms with van der Waals surface area (Å²) in [5.41, 5.74) is -0.477. The van der Waals surface area contributed by atoms with Crippen LogP contribution >= 0.6 is 15.9 Å². The number of aliphatic hydroxyl groups is 1. The van der Waals surface area contributed by atoms with Gasteiger partial charge in [0.2, 0.25) is 0 Å². The van der Waals surface area contributed by atoms with Gasteiger partial charge in [-0.2, -0.15) is 13.2 Å². The van der Waals surface area contributed by atoms with Crippen molar-refractivity contribution in [3.8, 4) is 0 Å². The van der Waals surface area contributed by atoms with E-state index in [1.165, 1.54) is 6.07 Å². The normalized spacial score (nSPS) is 14.2. The number of rotatable bonds is 2. The molecule has 0 spiro atoms. The first kappa shape index (κ1) is 13.5. The molecule has 1 aromatic carbocycles. The van der Waals surface area contributed by atoms with Crippen LogP contribution in [0.25, 0.3) is 0 Å². The monoisotopic (exact) mass is 296 g/mol. The van der Waals surface area contributed by atoms with E-state index in [0.29, 0.717) is 4.47 Å². The van der Waals surface area contributed by atoms with Gasteiger partial charge in [-0.15, -0.1) is 0 Å². The van der Waals surface area contributed by atoms with E-state index in [2.05, 4.69) is 15.9 Å². The minimum absolute atomic E-state index is 0.139. The third-order valence-corrected chi connectivity index (χ3v) is 3.00. The van der Waals surface area contributed by atoms with Crippen molar-refractivity contribution in [2.75, 3.05) is 0 Å². The highest BCUT2D eigenvalue weighted by Gasteiger charge is 2.31. The number of hydrogen-bond donors (Lipinski definition) is 1. The van der Waals surface area contributed by atoms with Gasteiger partial charge in [0.25, 0.3) is 0 Å². The van der Waals surface area contributed by atoms with Crippen LogP contribution in [0.5, 0.6) is 0 Å². The quantitative estimate of drug-likeness (QED) is 0.869. The Morgan fingerprint density at radius 2 is 1.81 bits per heavy atom. The summed E-state index contributed by atoms with van der Waals surface area (Å²) in [5, 5.41) is 9.77. The van der Waals surface area contributed by atoms with Gasteiger partial charge in [0, 0.05) is 4.47 Å². The van der Waals surface area contributed by atoms with Gasteiger partial charge in [0.05, 0.1) is 11.7 Å². The fourth-order valence-electron chi connectivity index (χ4n) is 1.31. The van der Waals surface area contributed by atoms with E-state index >= 15 is 0 Å². The van der Waals surface area contributed by atoms with Crippen LogP contribution in [0, 0.1) is 5.92 Å². The first-order valence-electron chi connectivity index (χ1n) is 4.78. The lowest BCUT2D eigenvalue weighted by Crippen LogP contribution is -2.10. The van der Waals surface area contributed by atoms with Gasteiger partial charge in [-0.05, 0) is 29.7 Å². The van der Waals surface area contributed by atoms with Gasteiger partial charge >= 0.3 is 6.18 Å². The van der Waals surface area contributed by atoms with Crippen molar-refractivity contribution in [1.29, 1.82) is 0 Å². The highest BCUT2D eigenvalue weighted by molar-refractivity contribution is 9.10. The average Bonchev–Trinajstić information content (AvgIpc) is 2.15. The van der Waals surface area contributed by atoms with Crippen LogP contribution in [-0.2, 0) is 6.18 Å². The fraction of sp³-hybridized carbons (Fsp3) is 0.455. The maximum Gasteiger partial charge on any atom is 0.416 e. The average molecular weight is 297 g/mol. The SMILES string of the molecule is CC(C)C(O)c1cc(C(F)(F)F)ccc1Br. The molecular formula is C11H12BrF3O. The van der Waals surface area contributed by atoms with E-state index in [4.69, 9.17) is 0 Å². The summed E-state index contributed by atoms with van der Waals surface area (Å²) in [6.45, 7) is 3.49. The predicted octanol–water partition coefficient (Wildman–Crippen LogP) is 4.16. The van der Waals surface area contributed by atoms with Crippen LogP contribution in [0.1, 0.15) is 31.1 Å². The molecule has 5 heteroatoms. The molecule has 1 nitrogen and oxygen atoms in total. The molecule has 0 aliphatic rings. The molecule has 0 saturated carbocycles. The standard InChI is InChI=1S/C11H12BrF3O/c1-6(2)10(16)8-5-7(11(13,14)15)3-4-9(8)12/h3-6,10,16H,1-2H3. The number of halogens is 4. The molecule has 1 atom stereocenters. The largest absolute Gasteiger partial charge is 0.416 e. The first-order chi connectivity index (χ1) is 7.23. The fourth-order valence-corrected chi connectivity index (χ4v) is 1.79. The molecule has 0 aromatic heterocycles. The first-order valence-corrected chi connectivity index (χ1v) is 5.57. The molecule has 1 N–H and O–H groups in total. The Bertz CT molecular complexity index is 374. The zero-order valence-corrected chi connectivity index (χ0v) is 10.4. The molecule has 0 saturated heterocycles. The van der Waals surface area contributed by atoms with E-state index in [1.54, 1.807) is 13.8 Å². The van der Waals surface area contributed by atoms with E-state index in [0.717, 1.165) is 12.1 Å². The maximum absolute atomic E-state index is 12.5. The van der Waals surface area contributed by atoms with Crippen LogP contribution in [0.15, 0.2) is 22.7 Å². The van der Waals surface area contributed by atoms with Crippen molar-refractivity contribution in [2.45, 2.75) is 26.1 Å². The van der Waals surface area contributed by atoms with Crippen LogP contribution in [0.2, 0.25) is 0 Å². The van der Waals surface area contributed by atoms with Crippen LogP contribution < -0.4 is 0 Å². The Morgan fingerprint density at radius 3 is 2.25 bits per heavy atom. The number of hydrogen-bond acceptors (Lipinski definition) is 1. The predicted molar refractivity (Wildman–Crippen MR) is 58.9 cm³/mol. The minimum Gasteiger partial charge on any atom is -0.388 e. The molecule has 0 heterocycles. The summed E-state index contributed by atoms with van der Waals surface area (Å²) >= 11 is 3.14. The molecule has 1 aromatic rings. The van der Waals surface area contributed by atoms with Crippen LogP contribution in [0.3, 0.4) is 0 Å². The molecule has 0 aliphatic carbocycles. The van der Waals surface area contributed by atoms with Gasteiger partial charge in [0.1, 0.15) is 0 Å². The zero-order valence-electron chi connectivity index (χ0n) is 8.85. The topological polar surface area (TPSA) is 20.2 Å². The Hall–Kier alpha value is -0.550. The second-order valence-corrected chi connectivity index (χ2v) is 4.78. The van der Waals surface area contributed by atoms with Crippen molar-refractivity contribution in [3.63, 3.8) is 0 Å². The Labute approximate surface area is 100 Å². The lowest BCUT2D eigenvalue weighted by atomic mass is 9.97. The molecule has 0 bridgehead atoms. The Kier molecular flexibility index (Phi) is 4.02. The van der Waals surface area contributed by atoms with E-state index < -0.39 is 17.8 Å². The number of aliphatic hydroxyl groups excluding tert-OH is 1. The van der Waals surface area contributed by atoms with E-state index in [9.17, 15) is 18.3 Å². The van der Waals surface area contributed by atoms with Crippen LogP contribution in [-0.4, -0.2) is 5.11 Å². The highest BCUT2D eigenvalue weighted by Crippen LogP contribution is 2.35. The molecule has 90 valence electrons. The van der Waals surface area contributed by atoms with Crippen LogP contribution in [0.4, 0.5) is 13.2 Å². The van der Waals surface area contributed by atoms with E-state index in [-0.39, 0.29) is 11.5 Å². The summed E-state index contributed by atoms with van der Waals surface area (Å²) in [5.74, 6) is -0.139. The molecular weight excluding hydrogens is 285 g/mol. The smallest absolute Gasteiger partial charge is 0.388 e. The second kappa shape index (κ2) is 4.75. The lowest BCUT2D eigenvalue weighted by molar-refractivity contribution is -0.137. The summed E-state index contributed by atoms with van der Waals surface area (Å²) < 4.78 is 37.9. The Morgan fingerprint density at radius 1 is 1.25 bits per heavy atom. The second-order valence-electron chi connectivity index (χ2n) is 3.92. The minimum atomic E-state index is -4.38. The number of benzene rings is 1. The van der Waals surface area contributed by atoms with Gasteiger partial charge in [-0.3, -0.25) is 0 Å². The summed E-state index contributed by atoms with van der Waals surface area (Å²) in [4.78, 5) is 0. The molecule has 0 aliphatic heterocycles. The third-order valence-electron chi connectivity index (χ3n) is 2.27. The van der Waals surface area contributed by atoms with Gasteiger partial charge in [-0.1, -0.05) is 29.8 Å². The van der Waals surface area contributed by atoms with Gasteiger partial charge in [-0.25, -0.2) is 0 Å². The van der Waals surface area contributed by atoms with Gasteiger partial charge in [0.15, 0.2) is 0 Å². The van der Waals surface area contributed by atoms with Crippen molar-refractivity contribution < 1.29 is 18.3 Å². The maximum atomic E-state index is 12.5. The summed E-state index contributed by atoms with van der Waals surface area (Å²) in [7, 11) is 0. The van der Waals surface area contributed by atoms with Crippen molar-refractivity contribution in [1.82, 2.24) is 0 Å². The number of alkyl halides is 3. The van der Waals surface area contributed by atoms with Crippen molar-refractivity contribution in [2.24, 2.45) is 5.92 Å². The molecule has 0 amide bonds.